The smallest absolute Gasteiger partial charge is 0.248 e. The third-order valence-electron chi connectivity index (χ3n) is 6.66. The Morgan fingerprint density at radius 2 is 1.61 bits per heavy atom. The predicted molar refractivity (Wildman–Crippen MR) is 154 cm³/mol. The lowest BCUT2D eigenvalue weighted by molar-refractivity contribution is -0.128. The number of aromatic nitrogens is 1. The van der Waals surface area contributed by atoms with Crippen LogP contribution in [-0.4, -0.2) is 49.7 Å². The topological polar surface area (TPSA) is 132 Å². The van der Waals surface area contributed by atoms with E-state index in [4.69, 9.17) is 18.7 Å². The summed E-state index contributed by atoms with van der Waals surface area (Å²) < 4.78 is 21.3. The summed E-state index contributed by atoms with van der Waals surface area (Å²) in [7, 11) is 4.53. The minimum atomic E-state index is -1.11. The standard InChI is InChI=1S/C30H38N4O7/c1-8-30(3,4)32-29(37)28(20-9-11-21(38-5)12-10-20)34(23-18-22(39-6)13-14-24(23)40-7)27(36)16-15-26(35)31-25-17-19(2)41-33-25/h9-14,17-18,28H,8,15-16H2,1-7H3,(H,32,37)(H,31,33,35). The molecule has 1 heterocycles. The van der Waals surface area contributed by atoms with Crippen LogP contribution in [0.2, 0.25) is 0 Å². The van der Waals surface area contributed by atoms with Gasteiger partial charge >= 0.3 is 0 Å². The Balaban J connectivity index is 2.08. The number of benzene rings is 2. The SMILES string of the molecule is CCC(C)(C)NC(=O)C(c1ccc(OC)cc1)N(C(=O)CCC(=O)Nc1cc(C)on1)c1cc(OC)ccc1OC. The fraction of sp³-hybridized carbons (Fsp3) is 0.400. The Bertz CT molecular complexity index is 1350. The van der Waals surface area contributed by atoms with E-state index in [0.29, 0.717) is 40.7 Å². The molecule has 0 bridgehead atoms. The summed E-state index contributed by atoms with van der Waals surface area (Å²) >= 11 is 0. The Kier molecular flexibility index (Phi) is 10.3. The van der Waals surface area contributed by atoms with Crippen LogP contribution < -0.4 is 29.7 Å². The van der Waals surface area contributed by atoms with E-state index in [1.807, 2.05) is 20.8 Å². The van der Waals surface area contributed by atoms with Crippen molar-refractivity contribution in [2.75, 3.05) is 31.5 Å². The highest BCUT2D eigenvalue weighted by molar-refractivity contribution is 6.04. The van der Waals surface area contributed by atoms with Gasteiger partial charge in [-0.1, -0.05) is 24.2 Å². The number of nitrogens with zero attached hydrogens (tertiary/aromatic N) is 2. The summed E-state index contributed by atoms with van der Waals surface area (Å²) in [4.78, 5) is 42.1. The normalized spacial score (nSPS) is 11.8. The van der Waals surface area contributed by atoms with E-state index in [1.165, 1.54) is 19.1 Å². The lowest BCUT2D eigenvalue weighted by Gasteiger charge is -2.35. The quantitative estimate of drug-likeness (QED) is 0.301. The number of hydrogen-bond donors (Lipinski definition) is 2. The van der Waals surface area contributed by atoms with Gasteiger partial charge in [0.15, 0.2) is 5.82 Å². The number of nitrogens with one attached hydrogen (secondary N) is 2. The van der Waals surface area contributed by atoms with Crippen LogP contribution in [0.25, 0.3) is 0 Å². The van der Waals surface area contributed by atoms with Crippen LogP contribution >= 0.6 is 0 Å². The fourth-order valence-corrected chi connectivity index (χ4v) is 4.07. The van der Waals surface area contributed by atoms with Gasteiger partial charge in [-0.2, -0.15) is 0 Å². The summed E-state index contributed by atoms with van der Waals surface area (Å²) in [6, 6.07) is 12.4. The van der Waals surface area contributed by atoms with E-state index in [0.717, 1.165) is 0 Å². The first-order valence-electron chi connectivity index (χ1n) is 13.2. The summed E-state index contributed by atoms with van der Waals surface area (Å²) in [6.07, 6.45) is 0.289. The maximum Gasteiger partial charge on any atom is 0.248 e. The van der Waals surface area contributed by atoms with Gasteiger partial charge < -0.3 is 29.4 Å². The Morgan fingerprint density at radius 1 is 0.951 bits per heavy atom. The second-order valence-corrected chi connectivity index (χ2v) is 10.1. The van der Waals surface area contributed by atoms with Gasteiger partial charge in [0.05, 0.1) is 27.0 Å². The zero-order valence-corrected chi connectivity index (χ0v) is 24.6. The molecule has 2 N–H and O–H groups in total. The zero-order valence-electron chi connectivity index (χ0n) is 24.6. The van der Waals surface area contributed by atoms with Crippen molar-refractivity contribution in [3.05, 3.63) is 59.9 Å². The highest BCUT2D eigenvalue weighted by Crippen LogP contribution is 2.39. The van der Waals surface area contributed by atoms with Crippen molar-refractivity contribution in [3.8, 4) is 17.2 Å². The van der Waals surface area contributed by atoms with Crippen LogP contribution in [-0.2, 0) is 14.4 Å². The number of amides is 3. The highest BCUT2D eigenvalue weighted by atomic mass is 16.5. The van der Waals surface area contributed by atoms with E-state index in [9.17, 15) is 14.4 Å². The average Bonchev–Trinajstić information content (AvgIpc) is 3.37. The van der Waals surface area contributed by atoms with Gasteiger partial charge in [0.2, 0.25) is 17.7 Å². The number of hydrogen-bond acceptors (Lipinski definition) is 8. The van der Waals surface area contributed by atoms with E-state index in [1.54, 1.807) is 62.6 Å². The molecule has 0 aliphatic rings. The minimum Gasteiger partial charge on any atom is -0.497 e. The molecule has 3 amide bonds. The first kappa shape index (κ1) is 31.0. The number of rotatable bonds is 13. The van der Waals surface area contributed by atoms with Crippen LogP contribution in [0.15, 0.2) is 53.1 Å². The molecular weight excluding hydrogens is 528 g/mol. The van der Waals surface area contributed by atoms with Crippen molar-refractivity contribution in [2.24, 2.45) is 0 Å². The monoisotopic (exact) mass is 566 g/mol. The molecule has 1 aromatic heterocycles. The van der Waals surface area contributed by atoms with Crippen molar-refractivity contribution in [1.82, 2.24) is 10.5 Å². The maximum absolute atomic E-state index is 14.1. The van der Waals surface area contributed by atoms with Crippen LogP contribution in [0.5, 0.6) is 17.2 Å². The minimum absolute atomic E-state index is 0.162. The molecule has 3 rings (SSSR count). The van der Waals surface area contributed by atoms with E-state index < -0.39 is 29.3 Å². The molecule has 0 saturated carbocycles. The molecule has 2 aromatic carbocycles. The zero-order chi connectivity index (χ0) is 30.2. The Hall–Kier alpha value is -4.54. The molecule has 0 aliphatic carbocycles. The molecule has 3 aromatic rings. The molecule has 220 valence electrons. The van der Waals surface area contributed by atoms with Crippen LogP contribution in [0, 0.1) is 6.92 Å². The predicted octanol–water partition coefficient (Wildman–Crippen LogP) is 4.81. The number of carbonyl (C=O) groups is 3. The summed E-state index contributed by atoms with van der Waals surface area (Å²) in [5.41, 5.74) is 0.301. The summed E-state index contributed by atoms with van der Waals surface area (Å²) in [5.74, 6) is 0.888. The van der Waals surface area contributed by atoms with Crippen molar-refractivity contribution in [1.29, 1.82) is 0 Å². The molecule has 1 unspecified atom stereocenters. The number of aryl methyl sites for hydroxylation is 1. The summed E-state index contributed by atoms with van der Waals surface area (Å²) in [6.45, 7) is 7.48. The van der Waals surface area contributed by atoms with Crippen molar-refractivity contribution < 1.29 is 33.1 Å². The lowest BCUT2D eigenvalue weighted by atomic mass is 9.97. The molecule has 11 nitrogen and oxygen atoms in total. The average molecular weight is 567 g/mol. The number of ether oxygens (including phenoxy) is 3. The van der Waals surface area contributed by atoms with Gasteiger partial charge in [0.25, 0.3) is 0 Å². The van der Waals surface area contributed by atoms with Crippen molar-refractivity contribution in [3.63, 3.8) is 0 Å². The van der Waals surface area contributed by atoms with Crippen LogP contribution in [0.3, 0.4) is 0 Å². The first-order chi connectivity index (χ1) is 19.5. The van der Waals surface area contributed by atoms with Gasteiger partial charge in [-0.3, -0.25) is 19.3 Å². The third-order valence-corrected chi connectivity index (χ3v) is 6.66. The fourth-order valence-electron chi connectivity index (χ4n) is 4.07. The van der Waals surface area contributed by atoms with Crippen molar-refractivity contribution >= 4 is 29.2 Å². The van der Waals surface area contributed by atoms with Gasteiger partial charge in [0, 0.05) is 30.5 Å². The molecule has 0 saturated heterocycles. The molecule has 0 radical (unpaired) electrons. The number of carbonyl (C=O) groups excluding carboxylic acids is 3. The summed E-state index contributed by atoms with van der Waals surface area (Å²) in [5, 5.41) is 9.45. The number of anilines is 2. The van der Waals surface area contributed by atoms with Gasteiger partial charge in [-0.25, -0.2) is 0 Å². The Morgan fingerprint density at radius 3 is 2.17 bits per heavy atom. The molecule has 1 atom stereocenters. The van der Waals surface area contributed by atoms with Crippen molar-refractivity contribution in [2.45, 2.75) is 58.5 Å². The second-order valence-electron chi connectivity index (χ2n) is 10.1. The highest BCUT2D eigenvalue weighted by Gasteiger charge is 2.36. The molecular formula is C30H38N4O7. The first-order valence-corrected chi connectivity index (χ1v) is 13.2. The number of methoxy groups -OCH3 is 3. The largest absolute Gasteiger partial charge is 0.497 e. The van der Waals surface area contributed by atoms with E-state index in [2.05, 4.69) is 15.8 Å². The van der Waals surface area contributed by atoms with Crippen LogP contribution in [0.4, 0.5) is 11.5 Å². The lowest BCUT2D eigenvalue weighted by Crippen LogP contribution is -2.50. The van der Waals surface area contributed by atoms with E-state index >= 15 is 0 Å². The third kappa shape index (κ3) is 8.00. The maximum atomic E-state index is 14.1. The van der Waals surface area contributed by atoms with Gasteiger partial charge in [-0.15, -0.1) is 0 Å². The molecule has 0 fully saturated rings. The van der Waals surface area contributed by atoms with Crippen LogP contribution in [0.1, 0.15) is 57.4 Å². The molecule has 11 heteroatoms. The molecule has 41 heavy (non-hydrogen) atoms. The molecule has 0 aliphatic heterocycles. The van der Waals surface area contributed by atoms with Gasteiger partial charge in [0.1, 0.15) is 29.1 Å². The van der Waals surface area contributed by atoms with E-state index in [-0.39, 0.29) is 18.7 Å². The second kappa shape index (κ2) is 13.7. The Labute approximate surface area is 240 Å². The molecule has 0 spiro atoms. The van der Waals surface area contributed by atoms with Gasteiger partial charge in [-0.05, 0) is 57.0 Å².